The third-order valence-corrected chi connectivity index (χ3v) is 9.51. The third-order valence-electron chi connectivity index (χ3n) is 9.51. The van der Waals surface area contributed by atoms with Crippen molar-refractivity contribution in [3.05, 3.63) is 132 Å². The van der Waals surface area contributed by atoms with Crippen LogP contribution in [0.2, 0.25) is 0 Å². The maximum absolute atomic E-state index is 7.00. The predicted octanol–water partition coefficient (Wildman–Crippen LogP) is 12.9. The first kappa shape index (κ1) is 32.5. The Labute approximate surface area is 291 Å². The van der Waals surface area contributed by atoms with Gasteiger partial charge in [0, 0.05) is 38.6 Å². The Morgan fingerprint density at radius 2 is 0.918 bits per heavy atom. The highest BCUT2D eigenvalue weighted by Gasteiger charge is 2.27. The van der Waals surface area contributed by atoms with Gasteiger partial charge in [0.05, 0.1) is 11.4 Å². The van der Waals surface area contributed by atoms with Crippen LogP contribution in [0, 0.1) is 0 Å². The Morgan fingerprint density at radius 1 is 0.429 bits per heavy atom. The van der Waals surface area contributed by atoms with Gasteiger partial charge in [-0.15, -0.1) is 0 Å². The highest BCUT2D eigenvalue weighted by molar-refractivity contribution is 6.11. The zero-order chi connectivity index (χ0) is 34.7. The molecule has 0 saturated carbocycles. The van der Waals surface area contributed by atoms with Crippen molar-refractivity contribution < 1.29 is 4.42 Å². The maximum Gasteiger partial charge on any atom is 0.160 e. The van der Waals surface area contributed by atoms with Gasteiger partial charge in [-0.05, 0) is 63.3 Å². The lowest BCUT2D eigenvalue weighted by atomic mass is 9.79. The molecule has 0 aliphatic rings. The van der Waals surface area contributed by atoms with E-state index < -0.39 is 0 Å². The van der Waals surface area contributed by atoms with Crippen molar-refractivity contribution in [3.63, 3.8) is 0 Å². The number of hydrogen-bond acceptors (Lipinski definition) is 3. The predicted molar refractivity (Wildman–Crippen MR) is 207 cm³/mol. The van der Waals surface area contributed by atoms with E-state index in [2.05, 4.69) is 165 Å². The van der Waals surface area contributed by atoms with Crippen LogP contribution in [0.15, 0.2) is 120 Å². The highest BCUT2D eigenvalue weighted by Crippen LogP contribution is 2.44. The Morgan fingerprint density at radius 3 is 1.45 bits per heavy atom. The molecule has 0 unspecified atom stereocenters. The molecule has 7 aromatic rings. The van der Waals surface area contributed by atoms with E-state index in [1.807, 2.05) is 12.1 Å². The van der Waals surface area contributed by atoms with Crippen molar-refractivity contribution in [2.45, 2.75) is 78.6 Å². The lowest BCUT2D eigenvalue weighted by molar-refractivity contribution is 0.559. The van der Waals surface area contributed by atoms with Gasteiger partial charge < -0.3 is 4.42 Å². The fraction of sp³-hybridized carbons (Fsp3) is 0.261. The van der Waals surface area contributed by atoms with E-state index in [0.717, 1.165) is 55.8 Å². The van der Waals surface area contributed by atoms with Crippen LogP contribution < -0.4 is 0 Å². The summed E-state index contributed by atoms with van der Waals surface area (Å²) in [6.07, 6.45) is 0. The molecule has 0 aliphatic heterocycles. The van der Waals surface area contributed by atoms with E-state index in [1.165, 1.54) is 22.1 Å². The van der Waals surface area contributed by atoms with Crippen LogP contribution in [0.1, 0.15) is 79.0 Å². The van der Waals surface area contributed by atoms with Crippen LogP contribution in [0.5, 0.6) is 0 Å². The SMILES string of the molecule is CC(C)(C)c1cc(-c2cccc(-c3nc(-c4ccccc4)cc(-c4ccccc4)n3)c2)c2oc3c(C(C)(C)C)cc(C(C)(C)C)cc3c2c1. The molecule has 246 valence electrons. The fourth-order valence-electron chi connectivity index (χ4n) is 6.53. The molecule has 2 aromatic heterocycles. The minimum absolute atomic E-state index is 0.00344. The molecule has 7 rings (SSSR count). The van der Waals surface area contributed by atoms with Gasteiger partial charge in [0.25, 0.3) is 0 Å². The van der Waals surface area contributed by atoms with E-state index in [4.69, 9.17) is 14.4 Å². The first-order valence-corrected chi connectivity index (χ1v) is 17.3. The average molecular weight is 643 g/mol. The minimum Gasteiger partial charge on any atom is -0.455 e. The molecule has 0 spiro atoms. The molecule has 0 atom stereocenters. The normalized spacial score (nSPS) is 12.6. The van der Waals surface area contributed by atoms with E-state index in [9.17, 15) is 0 Å². The van der Waals surface area contributed by atoms with Crippen molar-refractivity contribution in [2.75, 3.05) is 0 Å². The van der Waals surface area contributed by atoms with E-state index in [1.54, 1.807) is 0 Å². The Kier molecular flexibility index (Phi) is 7.86. The summed E-state index contributed by atoms with van der Waals surface area (Å²) in [7, 11) is 0. The topological polar surface area (TPSA) is 38.9 Å². The van der Waals surface area contributed by atoms with E-state index >= 15 is 0 Å². The first-order valence-electron chi connectivity index (χ1n) is 17.3. The first-order chi connectivity index (χ1) is 23.2. The van der Waals surface area contributed by atoms with Crippen LogP contribution in [0.3, 0.4) is 0 Å². The second kappa shape index (κ2) is 11.8. The summed E-state index contributed by atoms with van der Waals surface area (Å²) in [6, 6.07) is 40.8. The standard InChI is InChI=1S/C46H46N2O/c1-44(2,3)33-24-35(41-36(25-33)37-26-34(45(4,5)6)27-38(42(37)49-41)46(7,8)9)31-21-16-22-32(23-31)43-47-39(29-17-12-10-13-18-29)28-40(48-43)30-19-14-11-15-20-30/h10-28H,1-9H3. The van der Waals surface area contributed by atoms with Crippen molar-refractivity contribution in [2.24, 2.45) is 0 Å². The quantitative estimate of drug-likeness (QED) is 0.192. The summed E-state index contributed by atoms with van der Waals surface area (Å²) in [5.74, 6) is 0.694. The summed E-state index contributed by atoms with van der Waals surface area (Å²) in [4.78, 5) is 10.2. The summed E-state index contributed by atoms with van der Waals surface area (Å²) >= 11 is 0. The van der Waals surface area contributed by atoms with Crippen LogP contribution in [-0.2, 0) is 16.2 Å². The Hall–Kier alpha value is -5.02. The third kappa shape index (κ3) is 6.31. The molecule has 5 aromatic carbocycles. The van der Waals surface area contributed by atoms with Crippen LogP contribution in [0.25, 0.3) is 67.0 Å². The molecule has 0 radical (unpaired) electrons. The summed E-state index contributed by atoms with van der Waals surface area (Å²) in [6.45, 7) is 20.6. The molecule has 3 heteroatoms. The molecule has 2 heterocycles. The number of furan rings is 1. The second-order valence-electron chi connectivity index (χ2n) is 16.4. The molecule has 0 N–H and O–H groups in total. The molecule has 0 amide bonds. The molecule has 49 heavy (non-hydrogen) atoms. The smallest absolute Gasteiger partial charge is 0.160 e. The summed E-state index contributed by atoms with van der Waals surface area (Å²) < 4.78 is 7.00. The molecule has 0 saturated heterocycles. The van der Waals surface area contributed by atoms with Gasteiger partial charge in [-0.25, -0.2) is 9.97 Å². The van der Waals surface area contributed by atoms with Gasteiger partial charge in [0.2, 0.25) is 0 Å². The van der Waals surface area contributed by atoms with Gasteiger partial charge in [-0.3, -0.25) is 0 Å². The molecule has 0 aliphatic carbocycles. The molecule has 0 fully saturated rings. The van der Waals surface area contributed by atoms with E-state index in [-0.39, 0.29) is 16.2 Å². The number of rotatable bonds is 4. The average Bonchev–Trinajstić information content (AvgIpc) is 3.45. The van der Waals surface area contributed by atoms with Crippen molar-refractivity contribution in [1.29, 1.82) is 0 Å². The maximum atomic E-state index is 7.00. The monoisotopic (exact) mass is 642 g/mol. The number of aromatic nitrogens is 2. The number of benzene rings is 5. The number of fused-ring (bicyclic) bond motifs is 3. The van der Waals surface area contributed by atoms with Crippen molar-refractivity contribution in [1.82, 2.24) is 9.97 Å². The zero-order valence-electron chi connectivity index (χ0n) is 30.3. The molecule has 3 nitrogen and oxygen atoms in total. The molecular formula is C46H46N2O. The lowest BCUT2D eigenvalue weighted by Crippen LogP contribution is -2.16. The van der Waals surface area contributed by atoms with Gasteiger partial charge in [0.1, 0.15) is 11.2 Å². The zero-order valence-corrected chi connectivity index (χ0v) is 30.3. The van der Waals surface area contributed by atoms with Crippen LogP contribution in [-0.4, -0.2) is 9.97 Å². The van der Waals surface area contributed by atoms with Crippen molar-refractivity contribution >= 4 is 21.9 Å². The molecule has 0 bridgehead atoms. The van der Waals surface area contributed by atoms with Gasteiger partial charge in [-0.1, -0.05) is 147 Å². The van der Waals surface area contributed by atoms with Gasteiger partial charge >= 0.3 is 0 Å². The minimum atomic E-state index is -0.0854. The van der Waals surface area contributed by atoms with Crippen LogP contribution >= 0.6 is 0 Å². The summed E-state index contributed by atoms with van der Waals surface area (Å²) in [5.41, 5.74) is 12.6. The van der Waals surface area contributed by atoms with E-state index in [0.29, 0.717) is 5.82 Å². The number of nitrogens with zero attached hydrogens (tertiary/aromatic N) is 2. The highest BCUT2D eigenvalue weighted by atomic mass is 16.3. The lowest BCUT2D eigenvalue weighted by Gasteiger charge is -2.25. The van der Waals surface area contributed by atoms with Crippen LogP contribution in [0.4, 0.5) is 0 Å². The summed E-state index contributed by atoms with van der Waals surface area (Å²) in [5, 5.41) is 2.34. The van der Waals surface area contributed by atoms with Crippen molar-refractivity contribution in [3.8, 4) is 45.0 Å². The Bertz CT molecular complexity index is 2250. The molecular weight excluding hydrogens is 597 g/mol. The number of hydrogen-bond donors (Lipinski definition) is 0. The van der Waals surface area contributed by atoms with Gasteiger partial charge in [-0.2, -0.15) is 0 Å². The van der Waals surface area contributed by atoms with Gasteiger partial charge in [0.15, 0.2) is 5.82 Å². The largest absolute Gasteiger partial charge is 0.455 e. The second-order valence-corrected chi connectivity index (χ2v) is 16.4. The fourth-order valence-corrected chi connectivity index (χ4v) is 6.53. The Balaban J connectivity index is 1.48.